The number of esters is 1. The Kier molecular flexibility index (Phi) is 3.42. The lowest BCUT2D eigenvalue weighted by molar-refractivity contribution is 0.0601. The van der Waals surface area contributed by atoms with Crippen molar-refractivity contribution in [3.8, 4) is 11.1 Å². The van der Waals surface area contributed by atoms with Crippen LogP contribution in [0.4, 0.5) is 4.39 Å². The van der Waals surface area contributed by atoms with E-state index in [0.717, 1.165) is 16.7 Å². The van der Waals surface area contributed by atoms with Gasteiger partial charge in [-0.1, -0.05) is 18.2 Å². The SMILES string of the molecule is COC(=O)c1ccc(C)c(-c2ccc(F)cc2)c1. The van der Waals surface area contributed by atoms with Crippen LogP contribution in [-0.4, -0.2) is 13.1 Å². The second-order valence-corrected chi connectivity index (χ2v) is 4.03. The number of benzene rings is 2. The predicted octanol–water partition coefficient (Wildman–Crippen LogP) is 3.59. The van der Waals surface area contributed by atoms with Crippen LogP contribution in [0.15, 0.2) is 42.5 Å². The van der Waals surface area contributed by atoms with Crippen LogP contribution in [0.1, 0.15) is 15.9 Å². The summed E-state index contributed by atoms with van der Waals surface area (Å²) in [5.74, 6) is -0.654. The van der Waals surface area contributed by atoms with Gasteiger partial charge in [-0.3, -0.25) is 0 Å². The third-order valence-electron chi connectivity index (χ3n) is 2.81. The van der Waals surface area contributed by atoms with Crippen molar-refractivity contribution in [3.05, 3.63) is 59.4 Å². The van der Waals surface area contributed by atoms with Crippen LogP contribution in [0.3, 0.4) is 0 Å². The van der Waals surface area contributed by atoms with E-state index < -0.39 is 0 Å². The summed E-state index contributed by atoms with van der Waals surface area (Å²) < 4.78 is 17.6. The number of aryl methyl sites for hydroxylation is 1. The Morgan fingerprint density at radius 3 is 2.39 bits per heavy atom. The van der Waals surface area contributed by atoms with Gasteiger partial charge in [-0.25, -0.2) is 9.18 Å². The van der Waals surface area contributed by atoms with Gasteiger partial charge in [0.05, 0.1) is 12.7 Å². The topological polar surface area (TPSA) is 26.3 Å². The molecule has 0 spiro atoms. The molecule has 0 aliphatic heterocycles. The van der Waals surface area contributed by atoms with Crippen molar-refractivity contribution in [2.75, 3.05) is 7.11 Å². The first-order valence-corrected chi connectivity index (χ1v) is 5.56. The zero-order chi connectivity index (χ0) is 13.1. The van der Waals surface area contributed by atoms with Gasteiger partial charge in [0.15, 0.2) is 0 Å². The highest BCUT2D eigenvalue weighted by Crippen LogP contribution is 2.25. The number of halogens is 1. The molecule has 2 aromatic carbocycles. The van der Waals surface area contributed by atoms with E-state index in [0.29, 0.717) is 5.56 Å². The van der Waals surface area contributed by atoms with Crippen molar-refractivity contribution in [2.24, 2.45) is 0 Å². The molecule has 2 rings (SSSR count). The second-order valence-electron chi connectivity index (χ2n) is 4.03. The molecule has 2 nitrogen and oxygen atoms in total. The molecule has 18 heavy (non-hydrogen) atoms. The van der Waals surface area contributed by atoms with Gasteiger partial charge < -0.3 is 4.74 Å². The fourth-order valence-electron chi connectivity index (χ4n) is 1.81. The minimum absolute atomic E-state index is 0.277. The van der Waals surface area contributed by atoms with Crippen molar-refractivity contribution in [1.29, 1.82) is 0 Å². The molecule has 0 heterocycles. The number of carbonyl (C=O) groups is 1. The molecule has 0 radical (unpaired) electrons. The highest BCUT2D eigenvalue weighted by molar-refractivity contribution is 5.91. The van der Waals surface area contributed by atoms with Crippen LogP contribution in [-0.2, 0) is 4.74 Å². The molecular formula is C15H13FO2. The maximum Gasteiger partial charge on any atom is 0.337 e. The van der Waals surface area contributed by atoms with Crippen LogP contribution in [0.2, 0.25) is 0 Å². The van der Waals surface area contributed by atoms with Gasteiger partial charge in [0.1, 0.15) is 5.82 Å². The fourth-order valence-corrected chi connectivity index (χ4v) is 1.81. The molecule has 0 N–H and O–H groups in total. The zero-order valence-corrected chi connectivity index (χ0v) is 10.2. The highest BCUT2D eigenvalue weighted by atomic mass is 19.1. The van der Waals surface area contributed by atoms with Gasteiger partial charge in [-0.15, -0.1) is 0 Å². The van der Waals surface area contributed by atoms with E-state index in [9.17, 15) is 9.18 Å². The summed E-state index contributed by atoms with van der Waals surface area (Å²) in [6.45, 7) is 1.94. The third-order valence-corrected chi connectivity index (χ3v) is 2.81. The van der Waals surface area contributed by atoms with E-state index in [1.54, 1.807) is 24.3 Å². The van der Waals surface area contributed by atoms with Crippen LogP contribution < -0.4 is 0 Å². The Bertz CT molecular complexity index is 574. The predicted molar refractivity (Wildman–Crippen MR) is 67.9 cm³/mol. The molecule has 0 unspecified atom stereocenters. The average Bonchev–Trinajstić information content (AvgIpc) is 2.39. The number of hydrogen-bond donors (Lipinski definition) is 0. The highest BCUT2D eigenvalue weighted by Gasteiger charge is 2.09. The first-order chi connectivity index (χ1) is 8.61. The van der Waals surface area contributed by atoms with Crippen LogP contribution >= 0.6 is 0 Å². The molecular weight excluding hydrogens is 231 g/mol. The molecule has 0 aliphatic rings. The molecule has 0 amide bonds. The van der Waals surface area contributed by atoms with Gasteiger partial charge >= 0.3 is 5.97 Å². The molecule has 0 saturated carbocycles. The van der Waals surface area contributed by atoms with Gasteiger partial charge in [0.25, 0.3) is 0 Å². The first kappa shape index (κ1) is 12.3. The van der Waals surface area contributed by atoms with Crippen molar-refractivity contribution >= 4 is 5.97 Å². The number of hydrogen-bond acceptors (Lipinski definition) is 2. The molecule has 0 aliphatic carbocycles. The van der Waals surface area contributed by atoms with Crippen LogP contribution in [0.5, 0.6) is 0 Å². The quantitative estimate of drug-likeness (QED) is 0.755. The molecule has 0 atom stereocenters. The summed E-state index contributed by atoms with van der Waals surface area (Å²) in [7, 11) is 1.35. The van der Waals surface area contributed by atoms with E-state index >= 15 is 0 Å². The van der Waals surface area contributed by atoms with Gasteiger partial charge in [-0.2, -0.15) is 0 Å². The molecule has 0 bridgehead atoms. The van der Waals surface area contributed by atoms with Gasteiger partial charge in [0.2, 0.25) is 0 Å². The molecule has 0 aromatic heterocycles. The smallest absolute Gasteiger partial charge is 0.337 e. The standard InChI is InChI=1S/C15H13FO2/c1-10-3-4-12(15(17)18-2)9-14(10)11-5-7-13(16)8-6-11/h3-9H,1-2H3. The minimum Gasteiger partial charge on any atom is -0.465 e. The Morgan fingerprint density at radius 1 is 1.11 bits per heavy atom. The van der Waals surface area contributed by atoms with Gasteiger partial charge in [0, 0.05) is 0 Å². The first-order valence-electron chi connectivity index (χ1n) is 5.56. The summed E-state index contributed by atoms with van der Waals surface area (Å²) in [4.78, 5) is 11.5. The summed E-state index contributed by atoms with van der Waals surface area (Å²) in [5.41, 5.74) is 3.29. The monoisotopic (exact) mass is 244 g/mol. The fraction of sp³-hybridized carbons (Fsp3) is 0.133. The van der Waals surface area contributed by atoms with E-state index in [1.807, 2.05) is 13.0 Å². The van der Waals surface area contributed by atoms with Crippen molar-refractivity contribution in [3.63, 3.8) is 0 Å². The van der Waals surface area contributed by atoms with Crippen molar-refractivity contribution in [1.82, 2.24) is 0 Å². The minimum atomic E-state index is -0.377. The maximum absolute atomic E-state index is 12.9. The van der Waals surface area contributed by atoms with Crippen LogP contribution in [0.25, 0.3) is 11.1 Å². The Balaban J connectivity index is 2.49. The lowest BCUT2D eigenvalue weighted by Gasteiger charge is -2.08. The average molecular weight is 244 g/mol. The molecule has 92 valence electrons. The number of methoxy groups -OCH3 is 1. The second kappa shape index (κ2) is 5.00. The Morgan fingerprint density at radius 2 is 1.78 bits per heavy atom. The molecule has 3 heteroatoms. The lowest BCUT2D eigenvalue weighted by Crippen LogP contribution is -2.01. The summed E-state index contributed by atoms with van der Waals surface area (Å²) in [5, 5.41) is 0. The number of rotatable bonds is 2. The van der Waals surface area contributed by atoms with Crippen molar-refractivity contribution in [2.45, 2.75) is 6.92 Å². The third kappa shape index (κ3) is 2.40. The van der Waals surface area contributed by atoms with E-state index in [1.165, 1.54) is 19.2 Å². The molecule has 0 saturated heterocycles. The summed E-state index contributed by atoms with van der Waals surface area (Å²) in [6, 6.07) is 11.5. The number of carbonyl (C=O) groups excluding carboxylic acids is 1. The van der Waals surface area contributed by atoms with E-state index in [4.69, 9.17) is 0 Å². The zero-order valence-electron chi connectivity index (χ0n) is 10.2. The summed E-state index contributed by atoms with van der Waals surface area (Å²) >= 11 is 0. The van der Waals surface area contributed by atoms with Gasteiger partial charge in [-0.05, 0) is 47.9 Å². The van der Waals surface area contributed by atoms with E-state index in [-0.39, 0.29) is 11.8 Å². The Hall–Kier alpha value is -2.16. The summed E-state index contributed by atoms with van der Waals surface area (Å²) in [6.07, 6.45) is 0. The van der Waals surface area contributed by atoms with Crippen LogP contribution in [0, 0.1) is 12.7 Å². The molecule has 0 fully saturated rings. The van der Waals surface area contributed by atoms with E-state index in [2.05, 4.69) is 4.74 Å². The lowest BCUT2D eigenvalue weighted by atomic mass is 9.98. The largest absolute Gasteiger partial charge is 0.465 e. The molecule has 2 aromatic rings. The maximum atomic E-state index is 12.9. The number of ether oxygens (including phenoxy) is 1. The Labute approximate surface area is 105 Å². The normalized spacial score (nSPS) is 10.2. The van der Waals surface area contributed by atoms with Crippen molar-refractivity contribution < 1.29 is 13.9 Å².